The first-order valence-corrected chi connectivity index (χ1v) is 9.55. The maximum absolute atomic E-state index is 4.73. The van der Waals surface area contributed by atoms with Crippen molar-refractivity contribution in [1.29, 1.82) is 0 Å². The first kappa shape index (κ1) is 16.4. The van der Waals surface area contributed by atoms with Gasteiger partial charge in [-0.05, 0) is 18.9 Å². The van der Waals surface area contributed by atoms with Crippen molar-refractivity contribution in [3.8, 4) is 0 Å². The van der Waals surface area contributed by atoms with Crippen LogP contribution < -0.4 is 5.32 Å². The lowest BCUT2D eigenvalue weighted by molar-refractivity contribution is 0.204. The molecular weight excluding hydrogens is 340 g/mol. The van der Waals surface area contributed by atoms with Gasteiger partial charge >= 0.3 is 0 Å². The number of aromatic nitrogens is 6. The number of aryl methyl sites for hydroxylation is 1. The van der Waals surface area contributed by atoms with Gasteiger partial charge in [-0.3, -0.25) is 19.2 Å². The lowest BCUT2D eigenvalue weighted by Crippen LogP contribution is -2.33. The van der Waals surface area contributed by atoms with Crippen LogP contribution in [0.5, 0.6) is 0 Å². The molecule has 0 atom stereocenters. The summed E-state index contributed by atoms with van der Waals surface area (Å²) in [6.07, 6.45) is 9.75. The molecule has 5 rings (SSSR count). The number of nitrogens with one attached hydrogen (secondary N) is 1. The molecular formula is C19H24N8. The van der Waals surface area contributed by atoms with E-state index in [0.717, 1.165) is 43.6 Å². The largest absolute Gasteiger partial charge is 0.363 e. The van der Waals surface area contributed by atoms with Crippen molar-refractivity contribution >= 4 is 5.82 Å². The Bertz CT molecular complexity index is 925. The summed E-state index contributed by atoms with van der Waals surface area (Å²) in [5.41, 5.74) is 5.13. The third kappa shape index (κ3) is 3.44. The monoisotopic (exact) mass is 364 g/mol. The molecule has 1 aliphatic carbocycles. The van der Waals surface area contributed by atoms with Crippen LogP contribution in [0.25, 0.3) is 0 Å². The van der Waals surface area contributed by atoms with Gasteiger partial charge in [-0.25, -0.2) is 4.98 Å². The van der Waals surface area contributed by atoms with Gasteiger partial charge in [0.15, 0.2) is 0 Å². The minimum Gasteiger partial charge on any atom is -0.363 e. The van der Waals surface area contributed by atoms with E-state index in [1.165, 1.54) is 29.8 Å². The van der Waals surface area contributed by atoms with Gasteiger partial charge in [-0.1, -0.05) is 0 Å². The smallest absolute Gasteiger partial charge is 0.144 e. The average Bonchev–Trinajstić information content (AvgIpc) is 3.33. The number of fused-ring (bicyclic) bond motifs is 1. The Kier molecular flexibility index (Phi) is 4.12. The minimum atomic E-state index is 0.660. The number of rotatable bonds is 6. The van der Waals surface area contributed by atoms with Gasteiger partial charge in [0.05, 0.1) is 36.9 Å². The van der Waals surface area contributed by atoms with E-state index in [0.29, 0.717) is 6.54 Å². The van der Waals surface area contributed by atoms with Crippen LogP contribution in [0.1, 0.15) is 41.4 Å². The molecule has 27 heavy (non-hydrogen) atoms. The molecule has 8 nitrogen and oxygen atoms in total. The molecule has 1 fully saturated rings. The van der Waals surface area contributed by atoms with Gasteiger partial charge in [0.1, 0.15) is 5.82 Å². The Morgan fingerprint density at radius 1 is 1.19 bits per heavy atom. The Labute approximate surface area is 158 Å². The van der Waals surface area contributed by atoms with E-state index in [9.17, 15) is 0 Å². The van der Waals surface area contributed by atoms with Gasteiger partial charge in [0.25, 0.3) is 0 Å². The van der Waals surface area contributed by atoms with Crippen LogP contribution in [0.2, 0.25) is 0 Å². The van der Waals surface area contributed by atoms with Crippen LogP contribution in [0, 0.1) is 0 Å². The van der Waals surface area contributed by atoms with Crippen molar-refractivity contribution in [2.45, 2.75) is 44.9 Å². The summed E-state index contributed by atoms with van der Waals surface area (Å²) in [6, 6.07) is 2.20. The van der Waals surface area contributed by atoms with Gasteiger partial charge in [-0.2, -0.15) is 10.2 Å². The third-order valence-electron chi connectivity index (χ3n) is 5.36. The van der Waals surface area contributed by atoms with Crippen LogP contribution in [-0.2, 0) is 33.2 Å². The molecule has 1 aliphatic heterocycles. The predicted molar refractivity (Wildman–Crippen MR) is 101 cm³/mol. The number of hydrogen-bond donors (Lipinski definition) is 1. The standard InChI is InChI=1S/C19H24N8/c1-25-19(14-2-3-14)15(9-23-25)12-26-6-7-27-17(13-26)8-16(24-27)10-22-18-11-20-4-5-21-18/h4-5,8-9,11,14H,2-3,6-7,10,12-13H2,1H3,(H,21,22). The van der Waals surface area contributed by atoms with Crippen LogP contribution >= 0.6 is 0 Å². The summed E-state index contributed by atoms with van der Waals surface area (Å²) >= 11 is 0. The quantitative estimate of drug-likeness (QED) is 0.720. The maximum atomic E-state index is 4.73. The maximum Gasteiger partial charge on any atom is 0.144 e. The van der Waals surface area contributed by atoms with E-state index >= 15 is 0 Å². The van der Waals surface area contributed by atoms with Gasteiger partial charge < -0.3 is 5.32 Å². The molecule has 0 aromatic carbocycles. The Hall–Kier alpha value is -2.74. The second kappa shape index (κ2) is 6.77. The zero-order valence-electron chi connectivity index (χ0n) is 15.5. The van der Waals surface area contributed by atoms with Crippen LogP contribution in [0.15, 0.2) is 30.9 Å². The first-order valence-electron chi connectivity index (χ1n) is 9.55. The molecule has 8 heteroatoms. The summed E-state index contributed by atoms with van der Waals surface area (Å²) in [6.45, 7) is 4.51. The topological polar surface area (TPSA) is 76.7 Å². The molecule has 0 amide bonds. The SMILES string of the molecule is Cn1ncc(CN2CCn3nc(CNc4cnccn4)cc3C2)c1C1CC1. The van der Waals surface area contributed by atoms with Gasteiger partial charge in [0.2, 0.25) is 0 Å². The lowest BCUT2D eigenvalue weighted by Gasteiger charge is -2.27. The number of anilines is 1. The minimum absolute atomic E-state index is 0.660. The fourth-order valence-electron chi connectivity index (χ4n) is 3.91. The molecule has 0 unspecified atom stereocenters. The van der Waals surface area contributed by atoms with E-state index in [1.54, 1.807) is 18.6 Å². The second-order valence-corrected chi connectivity index (χ2v) is 7.46. The van der Waals surface area contributed by atoms with E-state index in [-0.39, 0.29) is 0 Å². The molecule has 1 saturated carbocycles. The van der Waals surface area contributed by atoms with Crippen molar-refractivity contribution < 1.29 is 0 Å². The van der Waals surface area contributed by atoms with Crippen LogP contribution in [0.4, 0.5) is 5.82 Å². The highest BCUT2D eigenvalue weighted by Gasteiger charge is 2.30. The Morgan fingerprint density at radius 3 is 2.93 bits per heavy atom. The molecule has 140 valence electrons. The zero-order valence-corrected chi connectivity index (χ0v) is 15.5. The predicted octanol–water partition coefficient (Wildman–Crippen LogP) is 1.91. The lowest BCUT2D eigenvalue weighted by atomic mass is 10.1. The van der Waals surface area contributed by atoms with Crippen molar-refractivity contribution in [3.05, 3.63) is 53.5 Å². The third-order valence-corrected chi connectivity index (χ3v) is 5.36. The fraction of sp³-hybridized carbons (Fsp3) is 0.474. The van der Waals surface area contributed by atoms with E-state index < -0.39 is 0 Å². The van der Waals surface area contributed by atoms with Crippen LogP contribution in [-0.4, -0.2) is 41.0 Å². The van der Waals surface area contributed by atoms with Crippen molar-refractivity contribution in [2.24, 2.45) is 7.05 Å². The Balaban J connectivity index is 1.24. The molecule has 0 saturated heterocycles. The fourth-order valence-corrected chi connectivity index (χ4v) is 3.91. The molecule has 3 aromatic rings. The van der Waals surface area contributed by atoms with Gasteiger partial charge in [0, 0.05) is 56.3 Å². The highest BCUT2D eigenvalue weighted by Crippen LogP contribution is 2.41. The molecule has 1 N–H and O–H groups in total. The molecule has 0 spiro atoms. The highest BCUT2D eigenvalue weighted by molar-refractivity contribution is 5.31. The molecule has 0 bridgehead atoms. The van der Waals surface area contributed by atoms with Crippen molar-refractivity contribution in [2.75, 3.05) is 11.9 Å². The molecule has 4 heterocycles. The summed E-state index contributed by atoms with van der Waals surface area (Å²) in [5.74, 6) is 1.50. The molecule has 2 aliphatic rings. The molecule has 3 aromatic heterocycles. The van der Waals surface area contributed by atoms with E-state index in [1.807, 2.05) is 0 Å². The van der Waals surface area contributed by atoms with E-state index in [2.05, 4.69) is 54.0 Å². The van der Waals surface area contributed by atoms with Crippen LogP contribution in [0.3, 0.4) is 0 Å². The van der Waals surface area contributed by atoms with Gasteiger partial charge in [-0.15, -0.1) is 0 Å². The summed E-state index contributed by atoms with van der Waals surface area (Å²) in [4.78, 5) is 10.8. The first-order chi connectivity index (χ1) is 13.3. The summed E-state index contributed by atoms with van der Waals surface area (Å²) < 4.78 is 4.20. The normalized spacial score (nSPS) is 17.1. The summed E-state index contributed by atoms with van der Waals surface area (Å²) in [7, 11) is 2.07. The average molecular weight is 364 g/mol. The zero-order chi connectivity index (χ0) is 18.2. The Morgan fingerprint density at radius 2 is 2.11 bits per heavy atom. The second-order valence-electron chi connectivity index (χ2n) is 7.46. The van der Waals surface area contributed by atoms with E-state index in [4.69, 9.17) is 5.10 Å². The van der Waals surface area contributed by atoms with Crippen molar-refractivity contribution in [3.63, 3.8) is 0 Å². The van der Waals surface area contributed by atoms with Crippen molar-refractivity contribution in [1.82, 2.24) is 34.4 Å². The number of hydrogen-bond acceptors (Lipinski definition) is 6. The molecule has 0 radical (unpaired) electrons. The highest BCUT2D eigenvalue weighted by atomic mass is 15.3. The number of nitrogens with zero attached hydrogens (tertiary/aromatic N) is 7. The summed E-state index contributed by atoms with van der Waals surface area (Å²) in [5, 5.41) is 12.5.